The summed E-state index contributed by atoms with van der Waals surface area (Å²) in [5.41, 5.74) is 1.26. The zero-order valence-electron chi connectivity index (χ0n) is 10.6. The standard InChI is InChI=1S/C13H13FN2O3/c1-8-10(13(17)18)7-16(15-8)6-9-3-4-12(19-2)11(14)5-9/h3-5,7H,6H2,1-2H3,(H,17,18). The molecule has 0 spiro atoms. The van der Waals surface area contributed by atoms with E-state index in [1.165, 1.54) is 30.1 Å². The molecule has 2 rings (SSSR count). The molecule has 0 aliphatic carbocycles. The molecule has 0 aliphatic rings. The lowest BCUT2D eigenvalue weighted by Crippen LogP contribution is -2.01. The van der Waals surface area contributed by atoms with Crippen LogP contribution in [0.1, 0.15) is 21.6 Å². The van der Waals surface area contributed by atoms with Crippen molar-refractivity contribution in [1.82, 2.24) is 9.78 Å². The Hall–Kier alpha value is -2.37. The fourth-order valence-corrected chi connectivity index (χ4v) is 1.80. The molecule has 6 heteroatoms. The van der Waals surface area contributed by atoms with Gasteiger partial charge in [0.15, 0.2) is 11.6 Å². The Balaban J connectivity index is 2.24. The highest BCUT2D eigenvalue weighted by Crippen LogP contribution is 2.18. The molecule has 0 atom stereocenters. The Labute approximate surface area is 109 Å². The number of ether oxygens (including phenoxy) is 1. The molecule has 0 unspecified atom stereocenters. The van der Waals surface area contributed by atoms with Crippen molar-refractivity contribution in [3.05, 3.63) is 47.0 Å². The summed E-state index contributed by atoms with van der Waals surface area (Å²) in [4.78, 5) is 10.9. The van der Waals surface area contributed by atoms with Gasteiger partial charge in [0.25, 0.3) is 0 Å². The maximum absolute atomic E-state index is 13.5. The first-order chi connectivity index (χ1) is 9.01. The van der Waals surface area contributed by atoms with E-state index in [0.29, 0.717) is 17.8 Å². The molecule has 2 aromatic rings. The number of aromatic nitrogens is 2. The number of benzene rings is 1. The van der Waals surface area contributed by atoms with E-state index in [0.717, 1.165) is 0 Å². The number of aryl methyl sites for hydroxylation is 1. The molecule has 1 heterocycles. The van der Waals surface area contributed by atoms with Crippen molar-refractivity contribution in [3.8, 4) is 5.75 Å². The molecule has 1 aromatic heterocycles. The van der Waals surface area contributed by atoms with Gasteiger partial charge >= 0.3 is 5.97 Å². The van der Waals surface area contributed by atoms with Gasteiger partial charge in [-0.3, -0.25) is 4.68 Å². The van der Waals surface area contributed by atoms with Crippen molar-refractivity contribution in [2.45, 2.75) is 13.5 Å². The lowest BCUT2D eigenvalue weighted by Gasteiger charge is -2.05. The quantitative estimate of drug-likeness (QED) is 0.918. The first kappa shape index (κ1) is 13.1. The van der Waals surface area contributed by atoms with Crippen molar-refractivity contribution in [3.63, 3.8) is 0 Å². The topological polar surface area (TPSA) is 64.3 Å². The van der Waals surface area contributed by atoms with Crippen LogP contribution in [-0.4, -0.2) is 28.0 Å². The van der Waals surface area contributed by atoms with Crippen LogP contribution in [0.5, 0.6) is 5.75 Å². The SMILES string of the molecule is COc1ccc(Cn2cc(C(=O)O)c(C)n2)cc1F. The number of carboxylic acids is 1. The average molecular weight is 264 g/mol. The number of nitrogens with zero attached hydrogens (tertiary/aromatic N) is 2. The van der Waals surface area contributed by atoms with Gasteiger partial charge in [-0.05, 0) is 24.6 Å². The molecule has 0 fully saturated rings. The third-order valence-electron chi connectivity index (χ3n) is 2.74. The van der Waals surface area contributed by atoms with Crippen LogP contribution in [0.4, 0.5) is 4.39 Å². The monoisotopic (exact) mass is 264 g/mol. The number of carboxylic acid groups (broad SMARTS) is 1. The molecule has 1 aromatic carbocycles. The first-order valence-corrected chi connectivity index (χ1v) is 5.61. The highest BCUT2D eigenvalue weighted by atomic mass is 19.1. The molecular weight excluding hydrogens is 251 g/mol. The lowest BCUT2D eigenvalue weighted by molar-refractivity contribution is 0.0696. The van der Waals surface area contributed by atoms with Gasteiger partial charge in [-0.15, -0.1) is 0 Å². The van der Waals surface area contributed by atoms with Gasteiger partial charge in [-0.1, -0.05) is 6.07 Å². The van der Waals surface area contributed by atoms with E-state index < -0.39 is 11.8 Å². The van der Waals surface area contributed by atoms with Gasteiger partial charge in [0.1, 0.15) is 5.56 Å². The number of hydrogen-bond donors (Lipinski definition) is 1. The fourth-order valence-electron chi connectivity index (χ4n) is 1.80. The number of carbonyl (C=O) groups is 1. The minimum atomic E-state index is -1.02. The minimum Gasteiger partial charge on any atom is -0.494 e. The molecule has 100 valence electrons. The second kappa shape index (κ2) is 5.09. The average Bonchev–Trinajstić information content (AvgIpc) is 2.70. The predicted octanol–water partition coefficient (Wildman–Crippen LogP) is 2.09. The second-order valence-corrected chi connectivity index (χ2v) is 4.10. The summed E-state index contributed by atoms with van der Waals surface area (Å²) in [6, 6.07) is 4.58. The van der Waals surface area contributed by atoms with Crippen LogP contribution in [0.3, 0.4) is 0 Å². The van der Waals surface area contributed by atoms with Crippen LogP contribution >= 0.6 is 0 Å². The molecule has 19 heavy (non-hydrogen) atoms. The lowest BCUT2D eigenvalue weighted by atomic mass is 10.2. The normalized spacial score (nSPS) is 10.5. The highest BCUT2D eigenvalue weighted by Gasteiger charge is 2.12. The van der Waals surface area contributed by atoms with Crippen LogP contribution in [0.2, 0.25) is 0 Å². The summed E-state index contributed by atoms with van der Waals surface area (Å²) >= 11 is 0. The zero-order valence-corrected chi connectivity index (χ0v) is 10.6. The molecule has 0 bridgehead atoms. The van der Waals surface area contributed by atoms with Gasteiger partial charge in [-0.2, -0.15) is 5.10 Å². The predicted molar refractivity (Wildman–Crippen MR) is 66.0 cm³/mol. The second-order valence-electron chi connectivity index (χ2n) is 4.10. The molecule has 5 nitrogen and oxygen atoms in total. The van der Waals surface area contributed by atoms with Gasteiger partial charge in [0, 0.05) is 6.20 Å². The van der Waals surface area contributed by atoms with Crippen LogP contribution in [0.15, 0.2) is 24.4 Å². The van der Waals surface area contributed by atoms with Crippen molar-refractivity contribution in [2.24, 2.45) is 0 Å². The third kappa shape index (κ3) is 2.73. The van der Waals surface area contributed by atoms with E-state index in [1.54, 1.807) is 13.0 Å². The molecule has 0 saturated heterocycles. The van der Waals surface area contributed by atoms with Crippen molar-refractivity contribution < 1.29 is 19.0 Å². The van der Waals surface area contributed by atoms with Gasteiger partial charge in [0.2, 0.25) is 0 Å². The van der Waals surface area contributed by atoms with Gasteiger partial charge in [-0.25, -0.2) is 9.18 Å². The number of hydrogen-bond acceptors (Lipinski definition) is 3. The van der Waals surface area contributed by atoms with Crippen LogP contribution in [0.25, 0.3) is 0 Å². The zero-order chi connectivity index (χ0) is 14.0. The highest BCUT2D eigenvalue weighted by molar-refractivity contribution is 5.88. The Morgan fingerprint density at radius 3 is 2.79 bits per heavy atom. The Kier molecular flexibility index (Phi) is 3.50. The van der Waals surface area contributed by atoms with Crippen molar-refractivity contribution in [2.75, 3.05) is 7.11 Å². The third-order valence-corrected chi connectivity index (χ3v) is 2.74. The van der Waals surface area contributed by atoms with Crippen molar-refractivity contribution >= 4 is 5.97 Å². The van der Waals surface area contributed by atoms with Gasteiger partial charge in [0.05, 0.1) is 19.3 Å². The van der Waals surface area contributed by atoms with E-state index in [9.17, 15) is 9.18 Å². The van der Waals surface area contributed by atoms with E-state index in [-0.39, 0.29) is 11.3 Å². The number of rotatable bonds is 4. The molecule has 1 N–H and O–H groups in total. The van der Waals surface area contributed by atoms with Crippen molar-refractivity contribution in [1.29, 1.82) is 0 Å². The summed E-state index contributed by atoms with van der Waals surface area (Å²) < 4.78 is 19.8. The van der Waals surface area contributed by atoms with Crippen LogP contribution < -0.4 is 4.74 Å². The maximum Gasteiger partial charge on any atom is 0.339 e. The van der Waals surface area contributed by atoms with E-state index in [2.05, 4.69) is 5.10 Å². The first-order valence-electron chi connectivity index (χ1n) is 5.61. The fraction of sp³-hybridized carbons (Fsp3) is 0.231. The number of aromatic carboxylic acids is 1. The maximum atomic E-state index is 13.5. The molecule has 0 aliphatic heterocycles. The van der Waals surface area contributed by atoms with Crippen LogP contribution in [0, 0.1) is 12.7 Å². The smallest absolute Gasteiger partial charge is 0.339 e. The number of methoxy groups -OCH3 is 1. The minimum absolute atomic E-state index is 0.147. The summed E-state index contributed by atoms with van der Waals surface area (Å²) in [6.07, 6.45) is 1.43. The van der Waals surface area contributed by atoms with E-state index in [4.69, 9.17) is 9.84 Å². The Morgan fingerprint density at radius 1 is 1.53 bits per heavy atom. The Bertz CT molecular complexity index is 622. The largest absolute Gasteiger partial charge is 0.494 e. The number of halogens is 1. The summed E-state index contributed by atoms with van der Waals surface area (Å²) in [6.45, 7) is 1.92. The molecule has 0 saturated carbocycles. The van der Waals surface area contributed by atoms with E-state index in [1.807, 2.05) is 0 Å². The van der Waals surface area contributed by atoms with Gasteiger partial charge < -0.3 is 9.84 Å². The van der Waals surface area contributed by atoms with E-state index >= 15 is 0 Å². The molecular formula is C13H13FN2O3. The Morgan fingerprint density at radius 2 is 2.26 bits per heavy atom. The summed E-state index contributed by atoms with van der Waals surface area (Å²) in [7, 11) is 1.40. The summed E-state index contributed by atoms with van der Waals surface area (Å²) in [5.74, 6) is -1.31. The van der Waals surface area contributed by atoms with Crippen LogP contribution in [-0.2, 0) is 6.54 Å². The molecule has 0 radical (unpaired) electrons. The molecule has 0 amide bonds. The summed E-state index contributed by atoms with van der Waals surface area (Å²) in [5, 5.41) is 13.0.